The average Bonchev–Trinajstić information content (AvgIpc) is 3.13. The average molecular weight is 393 g/mol. The summed E-state index contributed by atoms with van der Waals surface area (Å²) in [5.74, 6) is 0.169. The molecule has 0 aliphatic carbocycles. The Morgan fingerprint density at radius 3 is 2.11 bits per heavy atom. The molecule has 1 heterocycles. The Labute approximate surface area is 169 Å². The fourth-order valence-electron chi connectivity index (χ4n) is 2.85. The van der Waals surface area contributed by atoms with Gasteiger partial charge in [0, 0.05) is 23.4 Å². The smallest absolute Gasteiger partial charge is 0.266 e. The third kappa shape index (κ3) is 5.08. The van der Waals surface area contributed by atoms with E-state index in [-0.39, 0.29) is 11.8 Å². The van der Waals surface area contributed by atoms with Crippen molar-refractivity contribution in [2.75, 3.05) is 10.6 Å². The van der Waals surface area contributed by atoms with Gasteiger partial charge in [0.2, 0.25) is 5.91 Å². The number of anilines is 2. The van der Waals surface area contributed by atoms with Crippen molar-refractivity contribution < 1.29 is 9.59 Å². The maximum absolute atomic E-state index is 12.7. The Bertz CT molecular complexity index is 957. The van der Waals surface area contributed by atoms with Crippen LogP contribution in [0, 0.1) is 12.8 Å². The summed E-state index contributed by atoms with van der Waals surface area (Å²) in [5.41, 5.74) is 4.56. The van der Waals surface area contributed by atoms with Crippen molar-refractivity contribution >= 4 is 34.5 Å². The van der Waals surface area contributed by atoms with Gasteiger partial charge in [-0.25, -0.2) is 0 Å². The number of amides is 2. The molecule has 0 radical (unpaired) electrons. The van der Waals surface area contributed by atoms with E-state index in [1.54, 1.807) is 24.3 Å². The van der Waals surface area contributed by atoms with E-state index in [9.17, 15) is 9.59 Å². The third-order valence-electron chi connectivity index (χ3n) is 4.25. The van der Waals surface area contributed by atoms with Crippen LogP contribution in [-0.4, -0.2) is 11.8 Å². The first kappa shape index (κ1) is 19.8. The van der Waals surface area contributed by atoms with Crippen LogP contribution in [0.15, 0.2) is 60.0 Å². The SMILES string of the molecule is Cc1ccc(-c2ccsc2C(=O)Nc2ccc(NC(=O)CC(C)C)cc2)cc1. The van der Waals surface area contributed by atoms with Gasteiger partial charge in [-0.3, -0.25) is 9.59 Å². The fraction of sp³-hybridized carbons (Fsp3) is 0.217. The van der Waals surface area contributed by atoms with Gasteiger partial charge in [-0.2, -0.15) is 0 Å². The molecular formula is C23H24N2O2S. The number of hydrogen-bond acceptors (Lipinski definition) is 3. The van der Waals surface area contributed by atoms with Crippen LogP contribution in [0.5, 0.6) is 0 Å². The van der Waals surface area contributed by atoms with Crippen LogP contribution >= 0.6 is 11.3 Å². The number of aryl methyl sites for hydroxylation is 1. The van der Waals surface area contributed by atoms with E-state index in [0.717, 1.165) is 16.8 Å². The van der Waals surface area contributed by atoms with Gasteiger partial charge in [0.1, 0.15) is 0 Å². The summed E-state index contributed by atoms with van der Waals surface area (Å²) in [6, 6.07) is 17.3. The number of benzene rings is 2. The third-order valence-corrected chi connectivity index (χ3v) is 5.17. The summed E-state index contributed by atoms with van der Waals surface area (Å²) < 4.78 is 0. The minimum Gasteiger partial charge on any atom is -0.326 e. The van der Waals surface area contributed by atoms with E-state index in [0.29, 0.717) is 22.9 Å². The zero-order valence-corrected chi connectivity index (χ0v) is 17.1. The molecule has 0 atom stereocenters. The number of rotatable bonds is 6. The molecule has 2 amide bonds. The molecule has 0 saturated carbocycles. The predicted molar refractivity (Wildman–Crippen MR) is 117 cm³/mol. The predicted octanol–water partition coefficient (Wildman–Crippen LogP) is 5.96. The Hall–Kier alpha value is -2.92. The molecule has 144 valence electrons. The highest BCUT2D eigenvalue weighted by Gasteiger charge is 2.15. The van der Waals surface area contributed by atoms with Gasteiger partial charge >= 0.3 is 0 Å². The highest BCUT2D eigenvalue weighted by Crippen LogP contribution is 2.29. The van der Waals surface area contributed by atoms with Crippen molar-refractivity contribution in [1.82, 2.24) is 0 Å². The topological polar surface area (TPSA) is 58.2 Å². The van der Waals surface area contributed by atoms with Crippen LogP contribution in [0.2, 0.25) is 0 Å². The van der Waals surface area contributed by atoms with Gasteiger partial charge in [0.15, 0.2) is 0 Å². The lowest BCUT2D eigenvalue weighted by Gasteiger charge is -2.09. The maximum Gasteiger partial charge on any atom is 0.266 e. The Morgan fingerprint density at radius 2 is 1.50 bits per heavy atom. The molecule has 0 aliphatic rings. The molecule has 0 spiro atoms. The van der Waals surface area contributed by atoms with Crippen molar-refractivity contribution in [2.24, 2.45) is 5.92 Å². The summed E-state index contributed by atoms with van der Waals surface area (Å²) >= 11 is 1.42. The van der Waals surface area contributed by atoms with E-state index in [1.807, 2.05) is 56.5 Å². The van der Waals surface area contributed by atoms with Crippen LogP contribution < -0.4 is 10.6 Å². The van der Waals surface area contributed by atoms with E-state index in [2.05, 4.69) is 10.6 Å². The van der Waals surface area contributed by atoms with E-state index in [4.69, 9.17) is 0 Å². The number of nitrogens with one attached hydrogen (secondary N) is 2. The lowest BCUT2D eigenvalue weighted by molar-refractivity contribution is -0.116. The Morgan fingerprint density at radius 1 is 0.893 bits per heavy atom. The molecule has 5 heteroatoms. The Balaban J connectivity index is 1.68. The van der Waals surface area contributed by atoms with Crippen molar-refractivity contribution in [1.29, 1.82) is 0 Å². The first-order valence-corrected chi connectivity index (χ1v) is 10.2. The minimum atomic E-state index is -0.137. The van der Waals surface area contributed by atoms with Gasteiger partial charge < -0.3 is 10.6 Å². The van der Waals surface area contributed by atoms with E-state index in [1.165, 1.54) is 16.9 Å². The molecule has 2 N–H and O–H groups in total. The maximum atomic E-state index is 12.7. The molecule has 1 aromatic heterocycles. The number of carbonyl (C=O) groups is 2. The Kier molecular flexibility index (Phi) is 6.26. The molecule has 3 aromatic rings. The molecular weight excluding hydrogens is 368 g/mol. The quantitative estimate of drug-likeness (QED) is 0.544. The molecule has 4 nitrogen and oxygen atoms in total. The highest BCUT2D eigenvalue weighted by atomic mass is 32.1. The second-order valence-corrected chi connectivity index (χ2v) is 8.12. The summed E-state index contributed by atoms with van der Waals surface area (Å²) in [7, 11) is 0. The molecule has 0 saturated heterocycles. The molecule has 0 fully saturated rings. The molecule has 3 rings (SSSR count). The van der Waals surface area contributed by atoms with Crippen molar-refractivity contribution in [2.45, 2.75) is 27.2 Å². The number of thiophene rings is 1. The highest BCUT2D eigenvalue weighted by molar-refractivity contribution is 7.12. The number of hydrogen-bond donors (Lipinski definition) is 2. The van der Waals surface area contributed by atoms with Crippen molar-refractivity contribution in [3.63, 3.8) is 0 Å². The second kappa shape index (κ2) is 8.85. The van der Waals surface area contributed by atoms with Crippen LogP contribution in [0.4, 0.5) is 11.4 Å². The fourth-order valence-corrected chi connectivity index (χ4v) is 3.66. The zero-order valence-electron chi connectivity index (χ0n) is 16.3. The second-order valence-electron chi connectivity index (χ2n) is 7.21. The normalized spacial score (nSPS) is 10.7. The van der Waals surface area contributed by atoms with Gasteiger partial charge in [-0.05, 0) is 54.1 Å². The van der Waals surface area contributed by atoms with Crippen LogP contribution in [-0.2, 0) is 4.79 Å². The van der Waals surface area contributed by atoms with Crippen LogP contribution in [0.1, 0.15) is 35.5 Å². The zero-order chi connectivity index (χ0) is 20.1. The van der Waals surface area contributed by atoms with Gasteiger partial charge in [0.05, 0.1) is 4.88 Å². The summed E-state index contributed by atoms with van der Waals surface area (Å²) in [5, 5.41) is 7.73. The van der Waals surface area contributed by atoms with Crippen LogP contribution in [0.25, 0.3) is 11.1 Å². The van der Waals surface area contributed by atoms with Gasteiger partial charge in [0.25, 0.3) is 5.91 Å². The summed E-state index contributed by atoms with van der Waals surface area (Å²) in [4.78, 5) is 25.3. The van der Waals surface area contributed by atoms with E-state index < -0.39 is 0 Å². The lowest BCUT2D eigenvalue weighted by Crippen LogP contribution is -2.14. The van der Waals surface area contributed by atoms with E-state index >= 15 is 0 Å². The molecule has 0 unspecified atom stereocenters. The largest absolute Gasteiger partial charge is 0.326 e. The van der Waals surface area contributed by atoms with Crippen molar-refractivity contribution in [3.8, 4) is 11.1 Å². The standard InChI is InChI=1S/C23H24N2O2S/c1-15(2)14-21(26)24-18-8-10-19(11-9-18)25-23(27)22-20(12-13-28-22)17-6-4-16(3)5-7-17/h4-13,15H,14H2,1-3H3,(H,24,26)(H,25,27). The van der Waals surface area contributed by atoms with Gasteiger partial charge in [-0.15, -0.1) is 11.3 Å². The summed E-state index contributed by atoms with van der Waals surface area (Å²) in [6.45, 7) is 6.06. The minimum absolute atomic E-state index is 0.00638. The summed E-state index contributed by atoms with van der Waals surface area (Å²) in [6.07, 6.45) is 0.485. The van der Waals surface area contributed by atoms with Crippen LogP contribution in [0.3, 0.4) is 0 Å². The molecule has 0 aliphatic heterocycles. The molecule has 2 aromatic carbocycles. The first-order valence-electron chi connectivity index (χ1n) is 9.28. The van der Waals surface area contributed by atoms with Crippen molar-refractivity contribution in [3.05, 3.63) is 70.4 Å². The first-order chi connectivity index (χ1) is 13.4. The molecule has 0 bridgehead atoms. The molecule has 28 heavy (non-hydrogen) atoms. The van der Waals surface area contributed by atoms with Gasteiger partial charge in [-0.1, -0.05) is 43.7 Å². The number of carbonyl (C=O) groups excluding carboxylic acids is 2. The lowest BCUT2D eigenvalue weighted by atomic mass is 10.0. The monoisotopic (exact) mass is 392 g/mol.